The Balaban J connectivity index is -0.000000101. The zero-order chi connectivity index (χ0) is 6.74. The standard InChI is InChI=1S/C6H11F2N.ClH.3FH/c7-6(8)2-1-4-9-5-3-6;;;;/h9H,1-5H2;4*1H. The van der Waals surface area contributed by atoms with Crippen LogP contribution >= 0.6 is 12.4 Å². The summed E-state index contributed by atoms with van der Waals surface area (Å²) in [6, 6.07) is 0. The molecule has 0 atom stereocenters. The molecule has 0 unspecified atom stereocenters. The molecule has 0 bridgehead atoms. The minimum absolute atomic E-state index is 0. The summed E-state index contributed by atoms with van der Waals surface area (Å²) in [5.41, 5.74) is 0. The number of alkyl halides is 2. The van der Waals surface area contributed by atoms with Gasteiger partial charge in [-0.2, -0.15) is 0 Å². The Morgan fingerprint density at radius 3 is 2.00 bits per heavy atom. The van der Waals surface area contributed by atoms with Gasteiger partial charge in [-0.1, -0.05) is 0 Å². The number of rotatable bonds is 0. The minimum atomic E-state index is -2.40. The second-order valence-electron chi connectivity index (χ2n) is 2.46. The van der Waals surface area contributed by atoms with Gasteiger partial charge in [0.25, 0.3) is 0 Å². The predicted octanol–water partition coefficient (Wildman–Crippen LogP) is 2.27. The van der Waals surface area contributed by atoms with Crippen LogP contribution in [0.1, 0.15) is 19.3 Å². The fourth-order valence-electron chi connectivity index (χ4n) is 0.993. The molecule has 1 rings (SSSR count). The van der Waals surface area contributed by atoms with Crippen molar-refractivity contribution in [3.05, 3.63) is 0 Å². The van der Waals surface area contributed by atoms with Crippen LogP contribution in [0.15, 0.2) is 0 Å². The summed E-state index contributed by atoms with van der Waals surface area (Å²) in [6.45, 7) is 1.21. The van der Waals surface area contributed by atoms with Crippen LogP contribution in [-0.4, -0.2) is 19.0 Å². The van der Waals surface area contributed by atoms with E-state index >= 15 is 0 Å². The molecule has 1 heterocycles. The third-order valence-electron chi connectivity index (χ3n) is 1.56. The molecule has 0 radical (unpaired) electrons. The molecule has 13 heavy (non-hydrogen) atoms. The first kappa shape index (κ1) is 23.1. The van der Waals surface area contributed by atoms with Crippen LogP contribution in [0.3, 0.4) is 0 Å². The second kappa shape index (κ2) is 9.98. The summed E-state index contributed by atoms with van der Waals surface area (Å²) in [5.74, 6) is -2.40. The lowest BCUT2D eigenvalue weighted by atomic mass is 10.1. The van der Waals surface area contributed by atoms with Gasteiger partial charge in [0, 0.05) is 19.4 Å². The number of hydrogen-bond donors (Lipinski definition) is 1. The van der Waals surface area contributed by atoms with Crippen molar-refractivity contribution in [2.75, 3.05) is 13.1 Å². The summed E-state index contributed by atoms with van der Waals surface area (Å²) in [6.07, 6.45) is 0.667. The van der Waals surface area contributed by atoms with Crippen molar-refractivity contribution in [2.45, 2.75) is 25.2 Å². The predicted molar refractivity (Wildman–Crippen MR) is 46.4 cm³/mol. The maximum Gasteiger partial charge on any atom is 0.249 e. The Labute approximate surface area is 79.8 Å². The van der Waals surface area contributed by atoms with Crippen LogP contribution in [0.2, 0.25) is 0 Å². The lowest BCUT2D eigenvalue weighted by molar-refractivity contribution is -0.0106. The summed E-state index contributed by atoms with van der Waals surface area (Å²) in [7, 11) is 0. The summed E-state index contributed by atoms with van der Waals surface area (Å²) >= 11 is 0. The third kappa shape index (κ3) is 9.82. The molecule has 1 aliphatic rings. The first-order valence-corrected chi connectivity index (χ1v) is 3.29. The van der Waals surface area contributed by atoms with E-state index in [9.17, 15) is 8.78 Å². The van der Waals surface area contributed by atoms with Gasteiger partial charge >= 0.3 is 0 Å². The van der Waals surface area contributed by atoms with Crippen molar-refractivity contribution in [1.82, 2.24) is 5.32 Å². The Kier molecular flexibility index (Phi) is 17.7. The number of nitrogens with one attached hydrogen (secondary N) is 1. The fourth-order valence-corrected chi connectivity index (χ4v) is 0.993. The Morgan fingerprint density at radius 2 is 1.46 bits per heavy atom. The zero-order valence-corrected chi connectivity index (χ0v) is 7.74. The number of hydrogen-bond acceptors (Lipinski definition) is 1. The molecule has 1 fully saturated rings. The van der Waals surface area contributed by atoms with Gasteiger partial charge in [0.05, 0.1) is 0 Å². The van der Waals surface area contributed by atoms with Crippen molar-refractivity contribution in [3.63, 3.8) is 0 Å². The topological polar surface area (TPSA) is 12.0 Å². The first-order valence-electron chi connectivity index (χ1n) is 3.29. The van der Waals surface area contributed by atoms with Gasteiger partial charge in [0.15, 0.2) is 0 Å². The fraction of sp³-hybridized carbons (Fsp3) is 1.00. The van der Waals surface area contributed by atoms with Crippen LogP contribution in [0.5, 0.6) is 0 Å². The van der Waals surface area contributed by atoms with Gasteiger partial charge in [-0.05, 0) is 13.0 Å². The normalized spacial score (nSPS) is 18.9. The Morgan fingerprint density at radius 1 is 0.923 bits per heavy atom. The van der Waals surface area contributed by atoms with Crippen LogP contribution in [0, 0.1) is 0 Å². The van der Waals surface area contributed by atoms with E-state index in [2.05, 4.69) is 5.32 Å². The molecule has 0 aromatic rings. The monoisotopic (exact) mass is 231 g/mol. The van der Waals surface area contributed by atoms with Crippen LogP contribution in [0.4, 0.5) is 22.9 Å². The van der Waals surface area contributed by atoms with Crippen molar-refractivity contribution in [1.29, 1.82) is 0 Å². The van der Waals surface area contributed by atoms with Crippen molar-refractivity contribution >= 4 is 12.4 Å². The molecule has 0 amide bonds. The molecule has 1 N–H and O–H groups in total. The lowest BCUT2D eigenvalue weighted by Crippen LogP contribution is -2.18. The third-order valence-corrected chi connectivity index (χ3v) is 1.56. The highest BCUT2D eigenvalue weighted by molar-refractivity contribution is 5.85. The van der Waals surface area contributed by atoms with E-state index in [1.165, 1.54) is 0 Å². The van der Waals surface area contributed by atoms with E-state index < -0.39 is 5.92 Å². The molecule has 0 aromatic carbocycles. The summed E-state index contributed by atoms with van der Waals surface area (Å²) in [5, 5.41) is 2.92. The average Bonchev–Trinajstić information content (AvgIpc) is 1.92. The van der Waals surface area contributed by atoms with E-state index in [1.54, 1.807) is 0 Å². The van der Waals surface area contributed by atoms with Crippen LogP contribution in [-0.2, 0) is 0 Å². The Hall–Kier alpha value is -0.100. The molecular formula is C6H15ClF5N. The quantitative estimate of drug-likeness (QED) is 0.631. The molecule has 7 heteroatoms. The molecule has 86 valence electrons. The molecule has 1 saturated heterocycles. The van der Waals surface area contributed by atoms with E-state index in [0.29, 0.717) is 13.0 Å². The van der Waals surface area contributed by atoms with Gasteiger partial charge in [0.1, 0.15) is 0 Å². The average molecular weight is 232 g/mol. The maximum atomic E-state index is 12.4. The molecule has 0 spiro atoms. The molecule has 0 saturated carbocycles. The van der Waals surface area contributed by atoms with Crippen molar-refractivity contribution in [3.8, 4) is 0 Å². The number of halogens is 6. The van der Waals surface area contributed by atoms with Gasteiger partial charge in [-0.15, -0.1) is 12.4 Å². The van der Waals surface area contributed by atoms with E-state index in [1.807, 2.05) is 0 Å². The first-order chi connectivity index (χ1) is 4.21. The smallest absolute Gasteiger partial charge is 0.249 e. The minimum Gasteiger partial charge on any atom is -0.317 e. The van der Waals surface area contributed by atoms with Crippen LogP contribution in [0.25, 0.3) is 0 Å². The summed E-state index contributed by atoms with van der Waals surface area (Å²) < 4.78 is 24.8. The molecule has 1 aliphatic heterocycles. The molecule has 1 nitrogen and oxygen atoms in total. The Bertz CT molecular complexity index is 93.0. The van der Waals surface area contributed by atoms with E-state index in [-0.39, 0.29) is 39.4 Å². The molecule has 0 aliphatic carbocycles. The molecular weight excluding hydrogens is 217 g/mol. The van der Waals surface area contributed by atoms with Gasteiger partial charge in [-0.3, -0.25) is 14.1 Å². The van der Waals surface area contributed by atoms with E-state index in [4.69, 9.17) is 0 Å². The second-order valence-corrected chi connectivity index (χ2v) is 2.46. The maximum absolute atomic E-state index is 12.4. The van der Waals surface area contributed by atoms with E-state index in [0.717, 1.165) is 6.54 Å². The van der Waals surface area contributed by atoms with Crippen molar-refractivity contribution in [2.24, 2.45) is 0 Å². The highest BCUT2D eigenvalue weighted by Gasteiger charge is 2.28. The van der Waals surface area contributed by atoms with Gasteiger partial charge < -0.3 is 5.32 Å². The lowest BCUT2D eigenvalue weighted by Gasteiger charge is -2.10. The SMILES string of the molecule is Cl.F.F.F.FC1(F)CCCNCC1. The largest absolute Gasteiger partial charge is 0.317 e. The van der Waals surface area contributed by atoms with Crippen LogP contribution < -0.4 is 5.32 Å². The molecule has 0 aromatic heterocycles. The summed E-state index contributed by atoms with van der Waals surface area (Å²) in [4.78, 5) is 0. The highest BCUT2D eigenvalue weighted by atomic mass is 35.5. The highest BCUT2D eigenvalue weighted by Crippen LogP contribution is 2.24. The van der Waals surface area contributed by atoms with Crippen molar-refractivity contribution < 1.29 is 22.9 Å². The van der Waals surface area contributed by atoms with Gasteiger partial charge in [0.2, 0.25) is 5.92 Å². The van der Waals surface area contributed by atoms with Gasteiger partial charge in [-0.25, -0.2) is 8.78 Å². The zero-order valence-electron chi connectivity index (χ0n) is 6.92.